The number of aryl methyl sites for hydroxylation is 1. The van der Waals surface area contributed by atoms with E-state index in [2.05, 4.69) is 0 Å². The first-order chi connectivity index (χ1) is 12.0. The summed E-state index contributed by atoms with van der Waals surface area (Å²) < 4.78 is 11.2. The molecule has 2 atom stereocenters. The van der Waals surface area contributed by atoms with E-state index in [-0.39, 0.29) is 31.0 Å². The lowest BCUT2D eigenvalue weighted by Gasteiger charge is -2.30. The lowest BCUT2D eigenvalue weighted by molar-refractivity contribution is -0.139. The molecule has 0 spiro atoms. The third-order valence-electron chi connectivity index (χ3n) is 4.66. The van der Waals surface area contributed by atoms with Crippen LogP contribution in [-0.2, 0) is 14.3 Å². The Bertz CT molecular complexity index is 618. The minimum absolute atomic E-state index is 0.0116. The normalized spacial score (nSPS) is 23.8. The average molecular weight is 348 g/mol. The maximum Gasteiger partial charge on any atom is 0.317 e. The molecule has 1 N–H and O–H groups in total. The second-order valence-electron chi connectivity index (χ2n) is 6.78. The van der Waals surface area contributed by atoms with Crippen LogP contribution in [-0.4, -0.2) is 78.8 Å². The topological polar surface area (TPSA) is 79.3 Å². The van der Waals surface area contributed by atoms with Gasteiger partial charge in [0, 0.05) is 25.6 Å². The number of carbonyl (C=O) groups excluding carboxylic acids is 1. The van der Waals surface area contributed by atoms with Gasteiger partial charge in [-0.15, -0.1) is 0 Å². The van der Waals surface area contributed by atoms with Gasteiger partial charge < -0.3 is 19.5 Å². The highest BCUT2D eigenvalue weighted by atomic mass is 16.5. The molecule has 1 aromatic rings. The molecule has 0 radical (unpaired) electrons. The van der Waals surface area contributed by atoms with Crippen molar-refractivity contribution in [2.24, 2.45) is 5.92 Å². The van der Waals surface area contributed by atoms with Crippen LogP contribution >= 0.6 is 0 Å². The molecular weight excluding hydrogens is 324 g/mol. The predicted octanol–water partition coefficient (Wildman–Crippen LogP) is 0.618. The molecule has 1 aromatic carbocycles. The lowest BCUT2D eigenvalue weighted by atomic mass is 10.1. The largest absolute Gasteiger partial charge is 0.484 e. The highest BCUT2D eigenvalue weighted by molar-refractivity contribution is 5.78. The van der Waals surface area contributed by atoms with Crippen molar-refractivity contribution in [3.8, 4) is 5.75 Å². The van der Waals surface area contributed by atoms with E-state index in [1.165, 1.54) is 0 Å². The monoisotopic (exact) mass is 348 g/mol. The fourth-order valence-electron chi connectivity index (χ4n) is 3.37. The van der Waals surface area contributed by atoms with E-state index >= 15 is 0 Å². The Morgan fingerprint density at radius 1 is 1.20 bits per heavy atom. The number of hydrogen-bond donors (Lipinski definition) is 1. The third-order valence-corrected chi connectivity index (χ3v) is 4.66. The van der Waals surface area contributed by atoms with Crippen LogP contribution in [0.15, 0.2) is 24.3 Å². The minimum Gasteiger partial charge on any atom is -0.484 e. The van der Waals surface area contributed by atoms with Crippen LogP contribution < -0.4 is 4.74 Å². The van der Waals surface area contributed by atoms with Crippen LogP contribution in [0, 0.1) is 12.8 Å². The molecule has 2 aliphatic rings. The molecule has 7 heteroatoms. The fourth-order valence-corrected chi connectivity index (χ4v) is 3.37. The molecule has 0 saturated carbocycles. The summed E-state index contributed by atoms with van der Waals surface area (Å²) >= 11 is 0. The number of carboxylic acid groups (broad SMARTS) is 1. The quantitative estimate of drug-likeness (QED) is 0.840. The van der Waals surface area contributed by atoms with Crippen molar-refractivity contribution in [3.63, 3.8) is 0 Å². The summed E-state index contributed by atoms with van der Waals surface area (Å²) in [7, 11) is 0. The summed E-state index contributed by atoms with van der Waals surface area (Å²) in [6.07, 6.45) is 0. The summed E-state index contributed by atoms with van der Waals surface area (Å²) in [4.78, 5) is 27.4. The Balaban J connectivity index is 1.61. The van der Waals surface area contributed by atoms with Crippen molar-refractivity contribution in [1.29, 1.82) is 0 Å². The smallest absolute Gasteiger partial charge is 0.317 e. The molecule has 25 heavy (non-hydrogen) atoms. The van der Waals surface area contributed by atoms with Crippen molar-refractivity contribution in [3.05, 3.63) is 29.8 Å². The zero-order chi connectivity index (χ0) is 17.8. The Hall–Kier alpha value is -2.12. The number of fused-ring (bicyclic) bond motifs is 3. The molecule has 0 unspecified atom stereocenters. The number of benzene rings is 1. The Labute approximate surface area is 147 Å². The van der Waals surface area contributed by atoms with Crippen molar-refractivity contribution >= 4 is 11.9 Å². The maximum absolute atomic E-state index is 12.6. The highest BCUT2D eigenvalue weighted by Gasteiger charge is 2.35. The van der Waals surface area contributed by atoms with E-state index in [0.717, 1.165) is 5.56 Å². The van der Waals surface area contributed by atoms with Gasteiger partial charge in [0.05, 0.1) is 25.8 Å². The van der Waals surface area contributed by atoms with Gasteiger partial charge >= 0.3 is 5.97 Å². The van der Waals surface area contributed by atoms with Gasteiger partial charge in [-0.25, -0.2) is 0 Å². The molecule has 2 bridgehead atoms. The van der Waals surface area contributed by atoms with Crippen molar-refractivity contribution in [2.45, 2.75) is 13.0 Å². The van der Waals surface area contributed by atoms with Gasteiger partial charge in [-0.05, 0) is 19.1 Å². The first kappa shape index (κ1) is 17.7. The van der Waals surface area contributed by atoms with E-state index in [0.29, 0.717) is 38.6 Å². The Kier molecular flexibility index (Phi) is 5.55. The van der Waals surface area contributed by atoms with E-state index in [9.17, 15) is 9.59 Å². The van der Waals surface area contributed by atoms with Crippen molar-refractivity contribution in [1.82, 2.24) is 9.80 Å². The van der Waals surface area contributed by atoms with Gasteiger partial charge in [0.25, 0.3) is 5.91 Å². The van der Waals surface area contributed by atoms with E-state index < -0.39 is 5.97 Å². The van der Waals surface area contributed by atoms with Gasteiger partial charge in [0.15, 0.2) is 6.61 Å². The lowest BCUT2D eigenvalue weighted by Crippen LogP contribution is -2.48. The number of rotatable bonds is 5. The van der Waals surface area contributed by atoms with E-state index in [1.807, 2.05) is 36.1 Å². The molecular formula is C18H24N2O5. The standard InChI is InChI=1S/C18H24N2O5/c1-13-2-4-16(5-3-13)25-12-17(21)20-7-14-6-19(9-18(22)23)15(8-20)11-24-10-14/h2-5,14-15H,6-12H2,1H3,(H,22,23)/t14-,15+/m1/s1. The zero-order valence-electron chi connectivity index (χ0n) is 14.4. The summed E-state index contributed by atoms with van der Waals surface area (Å²) in [5, 5.41) is 9.10. The Morgan fingerprint density at radius 3 is 2.68 bits per heavy atom. The van der Waals surface area contributed by atoms with E-state index in [1.54, 1.807) is 4.90 Å². The third kappa shape index (κ3) is 4.70. The van der Waals surface area contributed by atoms with Gasteiger partial charge in [0.1, 0.15) is 5.75 Å². The maximum atomic E-state index is 12.6. The molecule has 3 rings (SSSR count). The number of carboxylic acids is 1. The number of hydrogen-bond acceptors (Lipinski definition) is 5. The molecule has 7 nitrogen and oxygen atoms in total. The van der Waals surface area contributed by atoms with Crippen LogP contribution in [0.1, 0.15) is 5.56 Å². The molecule has 2 saturated heterocycles. The highest BCUT2D eigenvalue weighted by Crippen LogP contribution is 2.20. The van der Waals surface area contributed by atoms with Crippen LogP contribution in [0.5, 0.6) is 5.75 Å². The second kappa shape index (κ2) is 7.84. The van der Waals surface area contributed by atoms with Crippen molar-refractivity contribution in [2.75, 3.05) is 46.0 Å². The summed E-state index contributed by atoms with van der Waals surface area (Å²) in [5.74, 6) is -0.136. The SMILES string of the molecule is Cc1ccc(OCC(=O)N2C[C@@H]3COC[C@H](C2)N(CC(=O)O)C3)cc1. The first-order valence-electron chi connectivity index (χ1n) is 8.52. The fraction of sp³-hybridized carbons (Fsp3) is 0.556. The second-order valence-corrected chi connectivity index (χ2v) is 6.78. The Morgan fingerprint density at radius 2 is 1.96 bits per heavy atom. The first-order valence-corrected chi connectivity index (χ1v) is 8.52. The molecule has 0 aromatic heterocycles. The molecule has 2 heterocycles. The summed E-state index contributed by atoms with van der Waals surface area (Å²) in [5.41, 5.74) is 1.14. The van der Waals surface area contributed by atoms with Gasteiger partial charge in [-0.1, -0.05) is 17.7 Å². The summed E-state index contributed by atoms with van der Waals surface area (Å²) in [6.45, 7) is 4.65. The zero-order valence-corrected chi connectivity index (χ0v) is 14.4. The number of amides is 1. The van der Waals surface area contributed by atoms with Crippen LogP contribution in [0.4, 0.5) is 0 Å². The molecule has 1 amide bonds. The molecule has 2 fully saturated rings. The summed E-state index contributed by atoms with van der Waals surface area (Å²) in [6, 6.07) is 7.49. The molecule has 136 valence electrons. The minimum atomic E-state index is -0.854. The average Bonchev–Trinajstić information content (AvgIpc) is 2.83. The van der Waals surface area contributed by atoms with Crippen LogP contribution in [0.25, 0.3) is 0 Å². The van der Waals surface area contributed by atoms with Gasteiger partial charge in [-0.2, -0.15) is 0 Å². The number of ether oxygens (including phenoxy) is 2. The van der Waals surface area contributed by atoms with E-state index in [4.69, 9.17) is 14.6 Å². The van der Waals surface area contributed by atoms with Gasteiger partial charge in [-0.3, -0.25) is 14.5 Å². The van der Waals surface area contributed by atoms with Crippen LogP contribution in [0.2, 0.25) is 0 Å². The number of carbonyl (C=O) groups is 2. The number of aliphatic carboxylic acids is 1. The van der Waals surface area contributed by atoms with Crippen molar-refractivity contribution < 1.29 is 24.2 Å². The van der Waals surface area contributed by atoms with Gasteiger partial charge in [0.2, 0.25) is 0 Å². The predicted molar refractivity (Wildman–Crippen MR) is 90.6 cm³/mol. The van der Waals surface area contributed by atoms with Crippen LogP contribution in [0.3, 0.4) is 0 Å². The molecule has 0 aliphatic carbocycles. The molecule has 2 aliphatic heterocycles. The number of nitrogens with zero attached hydrogens (tertiary/aromatic N) is 2.